The monoisotopic (exact) mass is 161 g/mol. The van der Waals surface area contributed by atoms with Crippen LogP contribution in [0.3, 0.4) is 0 Å². The maximum absolute atomic E-state index is 4.14. The van der Waals surface area contributed by atoms with Gasteiger partial charge >= 0.3 is 0 Å². The summed E-state index contributed by atoms with van der Waals surface area (Å²) in [6.07, 6.45) is 5.17. The zero-order valence-corrected chi connectivity index (χ0v) is 7.96. The summed E-state index contributed by atoms with van der Waals surface area (Å²) < 4.78 is 0. The molecule has 0 N–H and O–H groups in total. The highest BCUT2D eigenvalue weighted by Gasteiger charge is 1.89. The SMILES string of the molecule is CC/C(C)=C\c1ccnc(C)c1. The second-order valence-corrected chi connectivity index (χ2v) is 3.07. The number of pyridine rings is 1. The van der Waals surface area contributed by atoms with Crippen LogP contribution in [0.2, 0.25) is 0 Å². The number of hydrogen-bond donors (Lipinski definition) is 0. The molecule has 0 atom stereocenters. The van der Waals surface area contributed by atoms with Crippen molar-refractivity contribution in [3.05, 3.63) is 35.2 Å². The van der Waals surface area contributed by atoms with E-state index in [2.05, 4.69) is 31.0 Å². The Morgan fingerprint density at radius 1 is 1.58 bits per heavy atom. The van der Waals surface area contributed by atoms with Crippen LogP contribution in [0.1, 0.15) is 31.5 Å². The minimum atomic E-state index is 1.08. The Balaban J connectivity index is 2.89. The third-order valence-electron chi connectivity index (χ3n) is 1.89. The van der Waals surface area contributed by atoms with Crippen molar-refractivity contribution in [2.75, 3.05) is 0 Å². The number of nitrogens with zero attached hydrogens (tertiary/aromatic N) is 1. The first-order valence-corrected chi connectivity index (χ1v) is 4.32. The lowest BCUT2D eigenvalue weighted by Gasteiger charge is -1.97. The first-order valence-electron chi connectivity index (χ1n) is 4.32. The Labute approximate surface area is 74.2 Å². The third-order valence-corrected chi connectivity index (χ3v) is 1.89. The van der Waals surface area contributed by atoms with E-state index in [1.54, 1.807) is 0 Å². The van der Waals surface area contributed by atoms with Gasteiger partial charge in [-0.15, -0.1) is 0 Å². The molecule has 0 saturated heterocycles. The fourth-order valence-electron chi connectivity index (χ4n) is 1.04. The van der Waals surface area contributed by atoms with Crippen molar-refractivity contribution in [3.63, 3.8) is 0 Å². The Kier molecular flexibility index (Phi) is 3.03. The molecule has 0 fully saturated rings. The van der Waals surface area contributed by atoms with Gasteiger partial charge in [-0.25, -0.2) is 0 Å². The normalized spacial score (nSPS) is 11.8. The predicted molar refractivity (Wildman–Crippen MR) is 52.9 cm³/mol. The molecule has 0 aliphatic carbocycles. The van der Waals surface area contributed by atoms with Crippen molar-refractivity contribution < 1.29 is 0 Å². The Bertz CT molecular complexity index is 287. The number of aryl methyl sites for hydroxylation is 1. The molecule has 0 aromatic carbocycles. The average Bonchev–Trinajstić information content (AvgIpc) is 2.04. The molecule has 1 aromatic rings. The molecule has 1 nitrogen and oxygen atoms in total. The summed E-state index contributed by atoms with van der Waals surface area (Å²) in [7, 11) is 0. The van der Waals surface area contributed by atoms with E-state index in [0.29, 0.717) is 0 Å². The molecule has 0 spiro atoms. The minimum absolute atomic E-state index is 1.08. The molecule has 0 radical (unpaired) electrons. The van der Waals surface area contributed by atoms with E-state index in [-0.39, 0.29) is 0 Å². The summed E-state index contributed by atoms with van der Waals surface area (Å²) in [6.45, 7) is 6.33. The first kappa shape index (κ1) is 8.98. The third kappa shape index (κ3) is 2.50. The molecule has 1 heteroatoms. The van der Waals surface area contributed by atoms with Gasteiger partial charge in [0.25, 0.3) is 0 Å². The maximum Gasteiger partial charge on any atom is 0.0378 e. The van der Waals surface area contributed by atoms with Crippen LogP contribution in [0.4, 0.5) is 0 Å². The number of allylic oxidation sites excluding steroid dienone is 1. The van der Waals surface area contributed by atoms with Gasteiger partial charge in [-0.2, -0.15) is 0 Å². The van der Waals surface area contributed by atoms with Crippen molar-refractivity contribution >= 4 is 6.08 Å². The molecule has 1 rings (SSSR count). The van der Waals surface area contributed by atoms with Crippen LogP contribution >= 0.6 is 0 Å². The van der Waals surface area contributed by atoms with Gasteiger partial charge in [-0.1, -0.05) is 18.6 Å². The Hall–Kier alpha value is -1.11. The van der Waals surface area contributed by atoms with Crippen LogP contribution in [0.15, 0.2) is 23.9 Å². The van der Waals surface area contributed by atoms with Gasteiger partial charge in [-0.3, -0.25) is 4.98 Å². The Morgan fingerprint density at radius 3 is 2.92 bits per heavy atom. The largest absolute Gasteiger partial charge is 0.262 e. The summed E-state index contributed by atoms with van der Waals surface area (Å²) in [5.41, 5.74) is 3.73. The molecule has 0 unspecified atom stereocenters. The van der Waals surface area contributed by atoms with Gasteiger partial charge in [0, 0.05) is 11.9 Å². The summed E-state index contributed by atoms with van der Waals surface area (Å²) >= 11 is 0. The van der Waals surface area contributed by atoms with E-state index in [1.807, 2.05) is 19.2 Å². The molecule has 0 aliphatic rings. The zero-order valence-electron chi connectivity index (χ0n) is 7.96. The van der Waals surface area contributed by atoms with Crippen LogP contribution < -0.4 is 0 Å². The lowest BCUT2D eigenvalue weighted by molar-refractivity contribution is 1.11. The molecular formula is C11H15N. The fraction of sp³-hybridized carbons (Fsp3) is 0.364. The van der Waals surface area contributed by atoms with E-state index in [9.17, 15) is 0 Å². The van der Waals surface area contributed by atoms with Gasteiger partial charge in [0.2, 0.25) is 0 Å². The second-order valence-electron chi connectivity index (χ2n) is 3.07. The van der Waals surface area contributed by atoms with E-state index in [4.69, 9.17) is 0 Å². The molecule has 0 aliphatic heterocycles. The minimum Gasteiger partial charge on any atom is -0.262 e. The molecule has 0 saturated carbocycles. The quantitative estimate of drug-likeness (QED) is 0.649. The lowest BCUT2D eigenvalue weighted by Crippen LogP contribution is -1.81. The standard InChI is InChI=1S/C11H15N/c1-4-9(2)7-11-5-6-12-10(3)8-11/h5-8H,4H2,1-3H3/b9-7-. The van der Waals surface area contributed by atoms with Crippen LogP contribution in [-0.2, 0) is 0 Å². The van der Waals surface area contributed by atoms with Crippen molar-refractivity contribution in [3.8, 4) is 0 Å². The van der Waals surface area contributed by atoms with E-state index < -0.39 is 0 Å². The highest BCUT2D eigenvalue weighted by atomic mass is 14.6. The van der Waals surface area contributed by atoms with Crippen LogP contribution in [0.5, 0.6) is 0 Å². The number of aromatic nitrogens is 1. The van der Waals surface area contributed by atoms with Crippen molar-refractivity contribution in [2.45, 2.75) is 27.2 Å². The fourth-order valence-corrected chi connectivity index (χ4v) is 1.04. The molecule has 1 heterocycles. The van der Waals surface area contributed by atoms with E-state index >= 15 is 0 Å². The number of rotatable bonds is 2. The van der Waals surface area contributed by atoms with Crippen molar-refractivity contribution in [1.82, 2.24) is 4.98 Å². The van der Waals surface area contributed by atoms with Crippen LogP contribution in [0.25, 0.3) is 6.08 Å². The number of hydrogen-bond acceptors (Lipinski definition) is 1. The lowest BCUT2D eigenvalue weighted by atomic mass is 10.1. The van der Waals surface area contributed by atoms with Gasteiger partial charge in [0.15, 0.2) is 0 Å². The topological polar surface area (TPSA) is 12.9 Å². The van der Waals surface area contributed by atoms with Crippen molar-refractivity contribution in [1.29, 1.82) is 0 Å². The molecule has 0 amide bonds. The predicted octanol–water partition coefficient (Wildman–Crippen LogP) is 3.20. The molecule has 64 valence electrons. The molecular weight excluding hydrogens is 146 g/mol. The summed E-state index contributed by atoms with van der Waals surface area (Å²) in [5, 5.41) is 0. The van der Waals surface area contributed by atoms with Gasteiger partial charge in [0.05, 0.1) is 0 Å². The van der Waals surface area contributed by atoms with Crippen LogP contribution in [0, 0.1) is 6.92 Å². The van der Waals surface area contributed by atoms with Gasteiger partial charge < -0.3 is 0 Å². The summed E-state index contributed by atoms with van der Waals surface area (Å²) in [5.74, 6) is 0. The first-order chi connectivity index (χ1) is 5.72. The second kappa shape index (κ2) is 4.05. The van der Waals surface area contributed by atoms with Crippen LogP contribution in [-0.4, -0.2) is 4.98 Å². The summed E-state index contributed by atoms with van der Waals surface area (Å²) in [6, 6.07) is 4.13. The highest BCUT2D eigenvalue weighted by molar-refractivity contribution is 5.51. The van der Waals surface area contributed by atoms with E-state index in [1.165, 1.54) is 11.1 Å². The Morgan fingerprint density at radius 2 is 2.33 bits per heavy atom. The van der Waals surface area contributed by atoms with Crippen molar-refractivity contribution in [2.24, 2.45) is 0 Å². The highest BCUT2D eigenvalue weighted by Crippen LogP contribution is 2.08. The molecule has 12 heavy (non-hydrogen) atoms. The zero-order chi connectivity index (χ0) is 8.97. The average molecular weight is 161 g/mol. The maximum atomic E-state index is 4.14. The molecule has 1 aromatic heterocycles. The van der Waals surface area contributed by atoms with Gasteiger partial charge in [0.1, 0.15) is 0 Å². The smallest absolute Gasteiger partial charge is 0.0378 e. The molecule has 0 bridgehead atoms. The summed E-state index contributed by atoms with van der Waals surface area (Å²) in [4.78, 5) is 4.14. The van der Waals surface area contributed by atoms with Gasteiger partial charge in [-0.05, 0) is 38.0 Å². The van der Waals surface area contributed by atoms with E-state index in [0.717, 1.165) is 12.1 Å².